The van der Waals surface area contributed by atoms with Crippen molar-refractivity contribution in [1.82, 2.24) is 14.8 Å². The van der Waals surface area contributed by atoms with Crippen molar-refractivity contribution < 1.29 is 15.3 Å². The summed E-state index contributed by atoms with van der Waals surface area (Å²) in [5.74, 6) is 1.53. The average Bonchev–Trinajstić information content (AvgIpc) is 3.42. The van der Waals surface area contributed by atoms with E-state index in [-0.39, 0.29) is 6.04 Å². The van der Waals surface area contributed by atoms with Crippen LogP contribution in [0.5, 0.6) is 0 Å². The summed E-state index contributed by atoms with van der Waals surface area (Å²) in [6.45, 7) is 7.04. The molecule has 3 unspecified atom stereocenters. The SMILES string of the molecule is Cc1nnc2n1-c1sc(CC(O)c3ccc(C(O)C(C)(C)O)cc3)cc1C(c1ccccc1Cl)=NC2C. The number of halogens is 1. The third kappa shape index (κ3) is 4.87. The maximum Gasteiger partial charge on any atom is 0.162 e. The maximum absolute atomic E-state index is 11.1. The van der Waals surface area contributed by atoms with Gasteiger partial charge in [-0.25, -0.2) is 0 Å². The lowest BCUT2D eigenvalue weighted by atomic mass is 9.93. The second-order valence-electron chi connectivity index (χ2n) is 9.95. The van der Waals surface area contributed by atoms with Crippen LogP contribution in [0.15, 0.2) is 59.6 Å². The first-order valence-electron chi connectivity index (χ1n) is 12.1. The normalized spacial score (nSPS) is 17.0. The molecule has 3 N–H and O–H groups in total. The van der Waals surface area contributed by atoms with Gasteiger partial charge in [0.15, 0.2) is 5.82 Å². The first-order valence-corrected chi connectivity index (χ1v) is 13.3. The predicted octanol–water partition coefficient (Wildman–Crippen LogP) is 5.28. The standard InChI is InChI=1S/C28H29ClN4O3S/c1-15-26-32-31-16(2)33(26)27-21(24(30-15)20-7-5-6-8-22(20)29)13-19(37-27)14-23(34)17-9-11-18(12-10-17)25(35)28(3,4)36/h5-13,15,23,25,34-36H,14H2,1-4H3. The predicted molar refractivity (Wildman–Crippen MR) is 146 cm³/mol. The molecule has 3 atom stereocenters. The minimum Gasteiger partial charge on any atom is -0.388 e. The van der Waals surface area contributed by atoms with Gasteiger partial charge in [-0.15, -0.1) is 21.5 Å². The lowest BCUT2D eigenvalue weighted by Gasteiger charge is -2.25. The zero-order valence-corrected chi connectivity index (χ0v) is 22.6. The Balaban J connectivity index is 1.51. The second kappa shape index (κ2) is 9.78. The summed E-state index contributed by atoms with van der Waals surface area (Å²) in [5.41, 5.74) is 2.63. The number of benzene rings is 2. The number of aliphatic imine (C=N–C) groups is 1. The van der Waals surface area contributed by atoms with Crippen LogP contribution in [0.1, 0.15) is 77.8 Å². The molecular weight excluding hydrogens is 508 g/mol. The van der Waals surface area contributed by atoms with Crippen molar-refractivity contribution in [2.45, 2.75) is 58.0 Å². The van der Waals surface area contributed by atoms with Crippen LogP contribution in [0.3, 0.4) is 0 Å². The molecule has 0 saturated heterocycles. The summed E-state index contributed by atoms with van der Waals surface area (Å²) in [5, 5.41) is 41.8. The Morgan fingerprint density at radius 2 is 1.70 bits per heavy atom. The van der Waals surface area contributed by atoms with Crippen LogP contribution in [0, 0.1) is 6.92 Å². The molecule has 0 aliphatic carbocycles. The van der Waals surface area contributed by atoms with Crippen LogP contribution >= 0.6 is 22.9 Å². The van der Waals surface area contributed by atoms with Crippen molar-refractivity contribution >= 4 is 28.6 Å². The molecule has 0 fully saturated rings. The monoisotopic (exact) mass is 536 g/mol. The van der Waals surface area contributed by atoms with Gasteiger partial charge in [0.05, 0.1) is 17.4 Å². The maximum atomic E-state index is 11.1. The van der Waals surface area contributed by atoms with Crippen molar-refractivity contribution in [3.8, 4) is 5.00 Å². The molecular formula is C28H29ClN4O3S. The molecule has 2 aromatic heterocycles. The van der Waals surface area contributed by atoms with Gasteiger partial charge in [-0.05, 0) is 51.0 Å². The number of hydrogen-bond donors (Lipinski definition) is 3. The number of aliphatic hydroxyl groups excluding tert-OH is 2. The fourth-order valence-electron chi connectivity index (χ4n) is 4.57. The summed E-state index contributed by atoms with van der Waals surface area (Å²) < 4.78 is 2.04. The quantitative estimate of drug-likeness (QED) is 0.311. The van der Waals surface area contributed by atoms with Crippen LogP contribution in [-0.2, 0) is 6.42 Å². The van der Waals surface area contributed by atoms with Gasteiger partial charge >= 0.3 is 0 Å². The van der Waals surface area contributed by atoms with Crippen LogP contribution in [0.25, 0.3) is 5.00 Å². The molecule has 0 bridgehead atoms. The molecule has 3 heterocycles. The third-order valence-corrected chi connectivity index (χ3v) is 8.07. The zero-order chi connectivity index (χ0) is 26.5. The Morgan fingerprint density at radius 1 is 1.03 bits per heavy atom. The van der Waals surface area contributed by atoms with E-state index in [1.54, 1.807) is 49.4 Å². The zero-order valence-electron chi connectivity index (χ0n) is 21.1. The number of fused-ring (bicyclic) bond motifs is 3. The molecule has 0 radical (unpaired) electrons. The molecule has 1 aliphatic heterocycles. The Hall–Kier alpha value is -2.88. The Bertz CT molecular complexity index is 1470. The molecule has 192 valence electrons. The molecule has 0 spiro atoms. The van der Waals surface area contributed by atoms with E-state index in [9.17, 15) is 15.3 Å². The highest BCUT2D eigenvalue weighted by atomic mass is 35.5. The lowest BCUT2D eigenvalue weighted by molar-refractivity contribution is -0.0497. The molecule has 37 heavy (non-hydrogen) atoms. The van der Waals surface area contributed by atoms with Gasteiger partial charge in [0.25, 0.3) is 0 Å². The summed E-state index contributed by atoms with van der Waals surface area (Å²) in [6, 6.07) is 16.6. The summed E-state index contributed by atoms with van der Waals surface area (Å²) in [4.78, 5) is 5.99. The van der Waals surface area contributed by atoms with Gasteiger partial charge in [0.2, 0.25) is 0 Å². The van der Waals surface area contributed by atoms with Crippen molar-refractivity contribution in [2.75, 3.05) is 0 Å². The third-order valence-electron chi connectivity index (χ3n) is 6.60. The van der Waals surface area contributed by atoms with E-state index < -0.39 is 17.8 Å². The Labute approximate surface area is 224 Å². The number of rotatable bonds is 6. The average molecular weight is 537 g/mol. The van der Waals surface area contributed by atoms with Crippen molar-refractivity contribution in [1.29, 1.82) is 0 Å². The van der Waals surface area contributed by atoms with E-state index in [1.807, 2.05) is 42.7 Å². The molecule has 4 aromatic rings. The molecule has 5 rings (SSSR count). The van der Waals surface area contributed by atoms with Crippen LogP contribution in [0.2, 0.25) is 5.02 Å². The fourth-order valence-corrected chi connectivity index (χ4v) is 6.05. The molecule has 0 saturated carbocycles. The van der Waals surface area contributed by atoms with E-state index in [0.717, 1.165) is 43.9 Å². The van der Waals surface area contributed by atoms with Crippen LogP contribution in [-0.4, -0.2) is 41.4 Å². The fraction of sp³-hybridized carbons (Fsp3) is 0.321. The number of aromatic nitrogens is 3. The first kappa shape index (κ1) is 25.8. The van der Waals surface area contributed by atoms with Gasteiger partial charge < -0.3 is 15.3 Å². The molecule has 1 aliphatic rings. The van der Waals surface area contributed by atoms with Gasteiger partial charge in [0.1, 0.15) is 23.0 Å². The molecule has 0 amide bonds. The largest absolute Gasteiger partial charge is 0.388 e. The topological polar surface area (TPSA) is 104 Å². The van der Waals surface area contributed by atoms with E-state index in [2.05, 4.69) is 16.3 Å². The molecule has 2 aromatic carbocycles. The van der Waals surface area contributed by atoms with Crippen molar-refractivity contribution in [2.24, 2.45) is 4.99 Å². The Morgan fingerprint density at radius 3 is 2.38 bits per heavy atom. The van der Waals surface area contributed by atoms with Crippen molar-refractivity contribution in [3.05, 3.63) is 98.4 Å². The van der Waals surface area contributed by atoms with Gasteiger partial charge in [0, 0.05) is 27.4 Å². The number of thiophene rings is 1. The molecule has 7 nitrogen and oxygen atoms in total. The number of aliphatic hydroxyl groups is 3. The van der Waals surface area contributed by atoms with Gasteiger partial charge in [-0.2, -0.15) is 0 Å². The number of hydrogen-bond acceptors (Lipinski definition) is 7. The number of aryl methyl sites for hydroxylation is 1. The molecule has 9 heteroatoms. The van der Waals surface area contributed by atoms with Gasteiger partial charge in [-0.3, -0.25) is 9.56 Å². The van der Waals surface area contributed by atoms with Crippen LogP contribution in [0.4, 0.5) is 0 Å². The highest BCUT2D eigenvalue weighted by molar-refractivity contribution is 7.15. The van der Waals surface area contributed by atoms with E-state index in [4.69, 9.17) is 16.6 Å². The summed E-state index contributed by atoms with van der Waals surface area (Å²) in [6.07, 6.45) is -1.37. The second-order valence-corrected chi connectivity index (χ2v) is 11.5. The minimum atomic E-state index is -1.26. The van der Waals surface area contributed by atoms with E-state index >= 15 is 0 Å². The smallest absolute Gasteiger partial charge is 0.162 e. The van der Waals surface area contributed by atoms with Crippen molar-refractivity contribution in [3.63, 3.8) is 0 Å². The highest BCUT2D eigenvalue weighted by Gasteiger charge is 2.29. The minimum absolute atomic E-state index is 0.209. The lowest BCUT2D eigenvalue weighted by Crippen LogP contribution is -2.28. The highest BCUT2D eigenvalue weighted by Crippen LogP contribution is 2.38. The number of nitrogens with zero attached hydrogens (tertiary/aromatic N) is 4. The summed E-state index contributed by atoms with van der Waals surface area (Å²) in [7, 11) is 0. The van der Waals surface area contributed by atoms with Crippen LogP contribution < -0.4 is 0 Å². The summed E-state index contributed by atoms with van der Waals surface area (Å²) >= 11 is 8.17. The van der Waals surface area contributed by atoms with Gasteiger partial charge in [-0.1, -0.05) is 54.1 Å². The van der Waals surface area contributed by atoms with E-state index in [0.29, 0.717) is 17.0 Å². The Kier molecular flexibility index (Phi) is 6.81. The van der Waals surface area contributed by atoms with E-state index in [1.165, 1.54) is 0 Å². The first-order chi connectivity index (χ1) is 17.5.